The third-order valence-electron chi connectivity index (χ3n) is 3.54. The number of nitrogens with zero attached hydrogens (tertiary/aromatic N) is 1. The van der Waals surface area contributed by atoms with Crippen LogP contribution in [-0.4, -0.2) is 11.4 Å². The van der Waals surface area contributed by atoms with Crippen LogP contribution in [0.3, 0.4) is 0 Å². The molecule has 0 radical (unpaired) electrons. The molecule has 0 aliphatic rings. The third kappa shape index (κ3) is 5.10. The highest BCUT2D eigenvalue weighted by Crippen LogP contribution is 2.12. The highest BCUT2D eigenvalue weighted by molar-refractivity contribution is 7.07. The van der Waals surface area contributed by atoms with Crippen molar-refractivity contribution in [2.45, 2.75) is 13.1 Å². The SMILES string of the molecule is C(#Cc1ccccc1)CN(Cc1ccccc1)Cc1ccsc1. The van der Waals surface area contributed by atoms with Crippen LogP contribution >= 0.6 is 11.3 Å². The number of hydrogen-bond acceptors (Lipinski definition) is 2. The molecule has 0 spiro atoms. The second-order valence-electron chi connectivity index (χ2n) is 5.43. The largest absolute Gasteiger partial charge is 0.284 e. The lowest BCUT2D eigenvalue weighted by Crippen LogP contribution is -2.23. The van der Waals surface area contributed by atoms with Gasteiger partial charge in [0.25, 0.3) is 0 Å². The quantitative estimate of drug-likeness (QED) is 0.611. The van der Waals surface area contributed by atoms with Crippen LogP contribution < -0.4 is 0 Å². The molecule has 0 saturated heterocycles. The molecule has 1 nitrogen and oxygen atoms in total. The van der Waals surface area contributed by atoms with E-state index in [4.69, 9.17) is 0 Å². The second kappa shape index (κ2) is 8.33. The van der Waals surface area contributed by atoms with Crippen molar-refractivity contribution in [2.75, 3.05) is 6.54 Å². The summed E-state index contributed by atoms with van der Waals surface area (Å²) in [5.41, 5.74) is 3.75. The molecular weight excluding hydrogens is 298 g/mol. The Bertz CT molecular complexity index is 752. The van der Waals surface area contributed by atoms with Crippen molar-refractivity contribution in [3.05, 3.63) is 94.2 Å². The van der Waals surface area contributed by atoms with Crippen LogP contribution in [0.1, 0.15) is 16.7 Å². The molecule has 114 valence electrons. The van der Waals surface area contributed by atoms with Crippen molar-refractivity contribution >= 4 is 11.3 Å². The lowest BCUT2D eigenvalue weighted by Gasteiger charge is -2.19. The summed E-state index contributed by atoms with van der Waals surface area (Å²) in [5.74, 6) is 6.57. The van der Waals surface area contributed by atoms with E-state index in [1.165, 1.54) is 11.1 Å². The summed E-state index contributed by atoms with van der Waals surface area (Å²) >= 11 is 1.75. The Balaban J connectivity index is 1.68. The zero-order valence-electron chi connectivity index (χ0n) is 13.0. The Kier molecular flexibility index (Phi) is 5.64. The minimum atomic E-state index is 0.764. The van der Waals surface area contributed by atoms with Crippen molar-refractivity contribution in [1.29, 1.82) is 0 Å². The van der Waals surface area contributed by atoms with Crippen LogP contribution in [0.4, 0.5) is 0 Å². The van der Waals surface area contributed by atoms with Gasteiger partial charge in [-0.25, -0.2) is 0 Å². The lowest BCUT2D eigenvalue weighted by molar-refractivity contribution is 0.291. The summed E-state index contributed by atoms with van der Waals surface area (Å²) in [6, 6.07) is 22.9. The van der Waals surface area contributed by atoms with Gasteiger partial charge in [-0.2, -0.15) is 11.3 Å². The number of benzene rings is 2. The maximum atomic E-state index is 3.31. The van der Waals surface area contributed by atoms with Crippen molar-refractivity contribution in [3.8, 4) is 11.8 Å². The molecule has 1 aromatic heterocycles. The van der Waals surface area contributed by atoms with Gasteiger partial charge in [0.05, 0.1) is 6.54 Å². The summed E-state index contributed by atoms with van der Waals surface area (Å²) in [4.78, 5) is 2.38. The first-order valence-corrected chi connectivity index (χ1v) is 8.66. The summed E-state index contributed by atoms with van der Waals surface area (Å²) in [6.45, 7) is 2.61. The van der Waals surface area contributed by atoms with E-state index >= 15 is 0 Å². The molecule has 3 rings (SSSR count). The van der Waals surface area contributed by atoms with Crippen LogP contribution in [0.2, 0.25) is 0 Å². The summed E-state index contributed by atoms with van der Waals surface area (Å²) in [5, 5.41) is 4.34. The molecule has 0 fully saturated rings. The molecule has 0 aliphatic carbocycles. The molecule has 1 heterocycles. The maximum absolute atomic E-state index is 3.31. The molecule has 2 heteroatoms. The molecule has 0 unspecified atom stereocenters. The Morgan fingerprint density at radius 3 is 2.17 bits per heavy atom. The van der Waals surface area contributed by atoms with Crippen LogP contribution in [0, 0.1) is 11.8 Å². The highest BCUT2D eigenvalue weighted by atomic mass is 32.1. The average Bonchev–Trinajstić information content (AvgIpc) is 3.10. The van der Waals surface area contributed by atoms with E-state index in [9.17, 15) is 0 Å². The van der Waals surface area contributed by atoms with E-state index in [-0.39, 0.29) is 0 Å². The van der Waals surface area contributed by atoms with Crippen molar-refractivity contribution in [3.63, 3.8) is 0 Å². The Hall–Kier alpha value is -2.34. The van der Waals surface area contributed by atoms with Gasteiger partial charge in [-0.1, -0.05) is 60.4 Å². The van der Waals surface area contributed by atoms with E-state index in [0.717, 1.165) is 25.2 Å². The number of hydrogen-bond donors (Lipinski definition) is 0. The van der Waals surface area contributed by atoms with Crippen molar-refractivity contribution in [1.82, 2.24) is 4.90 Å². The fraction of sp³-hybridized carbons (Fsp3) is 0.143. The van der Waals surface area contributed by atoms with Crippen molar-refractivity contribution in [2.24, 2.45) is 0 Å². The molecule has 0 bridgehead atoms. The van der Waals surface area contributed by atoms with E-state index < -0.39 is 0 Å². The number of thiophene rings is 1. The number of rotatable bonds is 5. The zero-order chi connectivity index (χ0) is 15.7. The standard InChI is InChI=1S/C21H19NS/c1-3-8-19(9-4-1)12-7-14-22(17-21-13-15-23-18-21)16-20-10-5-2-6-11-20/h1-6,8-11,13,15,18H,14,16-17H2. The minimum absolute atomic E-state index is 0.764. The average molecular weight is 317 g/mol. The second-order valence-corrected chi connectivity index (χ2v) is 6.21. The Labute approximate surface area is 142 Å². The van der Waals surface area contributed by atoms with Crippen LogP contribution in [0.15, 0.2) is 77.5 Å². The van der Waals surface area contributed by atoms with Gasteiger partial charge in [0.15, 0.2) is 0 Å². The molecule has 0 amide bonds. The molecule has 2 aromatic carbocycles. The zero-order valence-corrected chi connectivity index (χ0v) is 13.8. The van der Waals surface area contributed by atoms with E-state index in [1.54, 1.807) is 11.3 Å². The predicted molar refractivity (Wildman–Crippen MR) is 98.2 cm³/mol. The summed E-state index contributed by atoms with van der Waals surface area (Å²) < 4.78 is 0. The third-order valence-corrected chi connectivity index (χ3v) is 4.28. The first kappa shape index (κ1) is 15.6. The molecule has 3 aromatic rings. The lowest BCUT2D eigenvalue weighted by atomic mass is 10.2. The van der Waals surface area contributed by atoms with E-state index in [0.29, 0.717) is 0 Å². The first-order chi connectivity index (χ1) is 11.4. The highest BCUT2D eigenvalue weighted by Gasteiger charge is 2.06. The predicted octanol–water partition coefficient (Wildman–Crippen LogP) is 4.80. The summed E-state index contributed by atoms with van der Waals surface area (Å²) in [6.07, 6.45) is 0. The fourth-order valence-corrected chi connectivity index (χ4v) is 3.08. The first-order valence-electron chi connectivity index (χ1n) is 7.71. The monoisotopic (exact) mass is 317 g/mol. The van der Waals surface area contributed by atoms with Gasteiger partial charge in [0.1, 0.15) is 0 Å². The van der Waals surface area contributed by atoms with Crippen LogP contribution in [-0.2, 0) is 13.1 Å². The van der Waals surface area contributed by atoms with Gasteiger partial charge >= 0.3 is 0 Å². The molecule has 23 heavy (non-hydrogen) atoms. The van der Waals surface area contributed by atoms with Gasteiger partial charge in [0.2, 0.25) is 0 Å². The van der Waals surface area contributed by atoms with E-state index in [1.807, 2.05) is 30.3 Å². The van der Waals surface area contributed by atoms with Gasteiger partial charge < -0.3 is 0 Å². The van der Waals surface area contributed by atoms with Gasteiger partial charge in [-0.15, -0.1) is 0 Å². The van der Waals surface area contributed by atoms with Gasteiger partial charge in [0, 0.05) is 18.7 Å². The molecule has 0 atom stereocenters. The molecule has 0 saturated carbocycles. The topological polar surface area (TPSA) is 3.24 Å². The minimum Gasteiger partial charge on any atom is -0.284 e. The normalized spacial score (nSPS) is 10.3. The molecular formula is C21H19NS. The maximum Gasteiger partial charge on any atom is 0.0611 e. The Morgan fingerprint density at radius 1 is 0.783 bits per heavy atom. The molecule has 0 N–H and O–H groups in total. The summed E-state index contributed by atoms with van der Waals surface area (Å²) in [7, 11) is 0. The smallest absolute Gasteiger partial charge is 0.0611 e. The van der Waals surface area contributed by atoms with E-state index in [2.05, 4.69) is 63.9 Å². The fourth-order valence-electron chi connectivity index (χ4n) is 2.43. The Morgan fingerprint density at radius 2 is 1.48 bits per heavy atom. The van der Waals surface area contributed by atoms with Gasteiger partial charge in [-0.3, -0.25) is 4.90 Å². The van der Waals surface area contributed by atoms with Crippen LogP contribution in [0.25, 0.3) is 0 Å². The van der Waals surface area contributed by atoms with Crippen LogP contribution in [0.5, 0.6) is 0 Å². The van der Waals surface area contributed by atoms with Gasteiger partial charge in [-0.05, 0) is 40.1 Å². The molecule has 0 aliphatic heterocycles. The van der Waals surface area contributed by atoms with Crippen molar-refractivity contribution < 1.29 is 0 Å².